The van der Waals surface area contributed by atoms with Crippen LogP contribution in [0, 0.1) is 29.6 Å². The molecular formula is C20H24N2OS. The van der Waals surface area contributed by atoms with Gasteiger partial charge in [-0.2, -0.15) is 0 Å². The third-order valence-corrected chi connectivity index (χ3v) is 7.55. The molecule has 0 atom stereocenters. The number of carbonyl (C=O) groups excluding carboxylic acids is 1. The molecule has 1 N–H and O–H groups in total. The minimum atomic E-state index is 0.232. The summed E-state index contributed by atoms with van der Waals surface area (Å²) in [5, 5.41) is 3.94. The number of hydrogen-bond donors (Lipinski definition) is 1. The lowest BCUT2D eigenvalue weighted by molar-refractivity contribution is -0.132. The van der Waals surface area contributed by atoms with E-state index in [-0.39, 0.29) is 11.8 Å². The predicted octanol–water partition coefficient (Wildman–Crippen LogP) is 4.87. The highest BCUT2D eigenvalue weighted by molar-refractivity contribution is 7.22. The van der Waals surface area contributed by atoms with E-state index in [2.05, 4.69) is 35.4 Å². The molecule has 0 radical (unpaired) electrons. The average molecular weight is 340 g/mol. The van der Waals surface area contributed by atoms with Gasteiger partial charge in [-0.3, -0.25) is 4.79 Å². The van der Waals surface area contributed by atoms with Crippen LogP contribution >= 0.6 is 11.3 Å². The second-order valence-corrected chi connectivity index (χ2v) is 9.15. The van der Waals surface area contributed by atoms with Gasteiger partial charge in [-0.05, 0) is 79.9 Å². The maximum atomic E-state index is 13.0. The van der Waals surface area contributed by atoms with Gasteiger partial charge in [0.05, 0.1) is 10.2 Å². The smallest absolute Gasteiger partial charge is 0.229 e. The zero-order valence-corrected chi connectivity index (χ0v) is 14.9. The van der Waals surface area contributed by atoms with Crippen molar-refractivity contribution in [2.75, 3.05) is 5.32 Å². The van der Waals surface area contributed by atoms with E-state index in [0.717, 1.165) is 28.9 Å². The van der Waals surface area contributed by atoms with Crippen LogP contribution in [0.2, 0.25) is 0 Å². The maximum absolute atomic E-state index is 13.0. The van der Waals surface area contributed by atoms with Gasteiger partial charge in [0.25, 0.3) is 0 Å². The Morgan fingerprint density at radius 2 is 1.88 bits per heavy atom. The number of aryl methyl sites for hydroxylation is 1. The fourth-order valence-electron chi connectivity index (χ4n) is 5.78. The summed E-state index contributed by atoms with van der Waals surface area (Å²) in [5.41, 5.74) is 2.32. The molecule has 0 saturated heterocycles. The number of nitrogens with zero attached hydrogens (tertiary/aromatic N) is 1. The largest absolute Gasteiger partial charge is 0.302 e. The molecular weight excluding hydrogens is 316 g/mol. The van der Waals surface area contributed by atoms with Crippen LogP contribution in [0.5, 0.6) is 0 Å². The highest BCUT2D eigenvalue weighted by atomic mass is 32.1. The molecule has 2 aromatic rings. The third-order valence-electron chi connectivity index (χ3n) is 6.62. The standard InChI is InChI=1S/C20H24N2OS/c1-2-11-3-4-16-17(10-11)24-20(21-16)22-19(23)18-14-6-12-5-13(8-14)9-15(18)7-12/h3-4,10,12-15,18H,2,5-9H2,1H3,(H,21,22,23). The van der Waals surface area contributed by atoms with Crippen LogP contribution in [0.15, 0.2) is 18.2 Å². The third kappa shape index (κ3) is 2.38. The average Bonchev–Trinajstić information content (AvgIpc) is 2.94. The lowest BCUT2D eigenvalue weighted by Gasteiger charge is -2.53. The Morgan fingerprint density at radius 1 is 1.17 bits per heavy atom. The molecule has 4 saturated carbocycles. The summed E-state index contributed by atoms with van der Waals surface area (Å²) in [6.07, 6.45) is 7.59. The van der Waals surface area contributed by atoms with Gasteiger partial charge >= 0.3 is 0 Å². The van der Waals surface area contributed by atoms with E-state index in [1.54, 1.807) is 11.3 Å². The van der Waals surface area contributed by atoms with Gasteiger partial charge in [-0.1, -0.05) is 24.3 Å². The SMILES string of the molecule is CCc1ccc2nc(NC(=O)C3C4CC5CC(C4)CC3C5)sc2c1. The number of fused-ring (bicyclic) bond motifs is 1. The summed E-state index contributed by atoms with van der Waals surface area (Å²) in [6.45, 7) is 2.16. The van der Waals surface area contributed by atoms with Gasteiger partial charge in [0, 0.05) is 5.92 Å². The van der Waals surface area contributed by atoms with Crippen molar-refractivity contribution in [3.63, 3.8) is 0 Å². The van der Waals surface area contributed by atoms with Crippen LogP contribution in [0.4, 0.5) is 5.13 Å². The van der Waals surface area contributed by atoms with Crippen molar-refractivity contribution < 1.29 is 4.79 Å². The summed E-state index contributed by atoms with van der Waals surface area (Å²) in [6, 6.07) is 6.40. The van der Waals surface area contributed by atoms with Gasteiger partial charge in [0.15, 0.2) is 5.13 Å². The molecule has 6 rings (SSSR count). The molecule has 24 heavy (non-hydrogen) atoms. The van der Waals surface area contributed by atoms with E-state index in [1.165, 1.54) is 42.4 Å². The summed E-state index contributed by atoms with van der Waals surface area (Å²) < 4.78 is 1.18. The Labute approximate surface area is 146 Å². The van der Waals surface area contributed by atoms with Crippen molar-refractivity contribution >= 4 is 32.6 Å². The quantitative estimate of drug-likeness (QED) is 0.866. The Balaban J connectivity index is 1.37. The molecule has 4 heteroatoms. The second-order valence-electron chi connectivity index (χ2n) is 8.12. The van der Waals surface area contributed by atoms with Gasteiger partial charge in [-0.15, -0.1) is 0 Å². The zero-order valence-electron chi connectivity index (χ0n) is 14.1. The summed E-state index contributed by atoms with van der Waals surface area (Å²) in [5.74, 6) is 3.54. The number of thiazole rings is 1. The van der Waals surface area contributed by atoms with Crippen LogP contribution in [0.3, 0.4) is 0 Å². The first-order valence-electron chi connectivity index (χ1n) is 9.40. The molecule has 4 aliphatic rings. The van der Waals surface area contributed by atoms with Crippen molar-refractivity contribution in [3.05, 3.63) is 23.8 Å². The van der Waals surface area contributed by atoms with E-state index in [9.17, 15) is 4.79 Å². The topological polar surface area (TPSA) is 42.0 Å². The molecule has 126 valence electrons. The zero-order chi connectivity index (χ0) is 16.3. The first kappa shape index (κ1) is 14.9. The van der Waals surface area contributed by atoms with Gasteiger partial charge < -0.3 is 5.32 Å². The number of amides is 1. The molecule has 3 nitrogen and oxygen atoms in total. The Hall–Kier alpha value is -1.42. The van der Waals surface area contributed by atoms with Crippen LogP contribution in [0.1, 0.15) is 44.6 Å². The fourth-order valence-corrected chi connectivity index (χ4v) is 6.72. The lowest BCUT2D eigenvalue weighted by atomic mass is 9.51. The van der Waals surface area contributed by atoms with Crippen LogP contribution < -0.4 is 5.32 Å². The van der Waals surface area contributed by atoms with Crippen molar-refractivity contribution in [2.24, 2.45) is 29.6 Å². The van der Waals surface area contributed by atoms with Crippen molar-refractivity contribution in [1.82, 2.24) is 4.98 Å². The number of carbonyl (C=O) groups is 1. The Morgan fingerprint density at radius 3 is 2.54 bits per heavy atom. The van der Waals surface area contributed by atoms with E-state index >= 15 is 0 Å². The number of anilines is 1. The number of hydrogen-bond acceptors (Lipinski definition) is 3. The maximum Gasteiger partial charge on any atom is 0.229 e. The number of benzene rings is 1. The Kier molecular flexibility index (Phi) is 3.44. The van der Waals surface area contributed by atoms with E-state index in [4.69, 9.17) is 0 Å². The second kappa shape index (κ2) is 5.55. The molecule has 0 spiro atoms. The van der Waals surface area contributed by atoms with Crippen molar-refractivity contribution in [3.8, 4) is 0 Å². The molecule has 0 aliphatic heterocycles. The molecule has 1 aromatic heterocycles. The molecule has 1 heterocycles. The van der Waals surface area contributed by atoms with Gasteiger partial charge in [-0.25, -0.2) is 4.98 Å². The highest BCUT2D eigenvalue weighted by Gasteiger charge is 2.50. The van der Waals surface area contributed by atoms with E-state index < -0.39 is 0 Å². The first-order valence-corrected chi connectivity index (χ1v) is 10.2. The fraction of sp³-hybridized carbons (Fsp3) is 0.600. The Bertz CT molecular complexity index is 768. The summed E-state index contributed by atoms with van der Waals surface area (Å²) >= 11 is 1.61. The van der Waals surface area contributed by atoms with E-state index in [1.807, 2.05) is 0 Å². The molecule has 4 aliphatic carbocycles. The molecule has 4 bridgehead atoms. The number of aromatic nitrogens is 1. The predicted molar refractivity (Wildman–Crippen MR) is 98.2 cm³/mol. The molecule has 1 amide bonds. The minimum Gasteiger partial charge on any atom is -0.302 e. The van der Waals surface area contributed by atoms with Crippen molar-refractivity contribution in [2.45, 2.75) is 45.4 Å². The van der Waals surface area contributed by atoms with E-state index in [0.29, 0.717) is 11.8 Å². The van der Waals surface area contributed by atoms with Gasteiger partial charge in [0.2, 0.25) is 5.91 Å². The van der Waals surface area contributed by atoms with Crippen LogP contribution in [-0.4, -0.2) is 10.9 Å². The highest BCUT2D eigenvalue weighted by Crippen LogP contribution is 2.56. The summed E-state index contributed by atoms with van der Waals surface area (Å²) in [7, 11) is 0. The summed E-state index contributed by atoms with van der Waals surface area (Å²) in [4.78, 5) is 17.6. The van der Waals surface area contributed by atoms with Crippen LogP contribution in [0.25, 0.3) is 10.2 Å². The first-order chi connectivity index (χ1) is 11.7. The van der Waals surface area contributed by atoms with Crippen LogP contribution in [-0.2, 0) is 11.2 Å². The molecule has 0 unspecified atom stereocenters. The normalized spacial score (nSPS) is 34.0. The molecule has 1 aromatic carbocycles. The molecule has 4 fully saturated rings. The monoisotopic (exact) mass is 340 g/mol. The lowest BCUT2D eigenvalue weighted by Crippen LogP contribution is -2.49. The number of nitrogens with one attached hydrogen (secondary N) is 1. The minimum absolute atomic E-state index is 0.232. The van der Waals surface area contributed by atoms with Gasteiger partial charge in [0.1, 0.15) is 0 Å². The van der Waals surface area contributed by atoms with Crippen molar-refractivity contribution in [1.29, 1.82) is 0 Å². The number of rotatable bonds is 3.